The summed E-state index contributed by atoms with van der Waals surface area (Å²) >= 11 is 5.78. The smallest absolute Gasteiger partial charge is 0.244 e. The molecule has 126 valence electrons. The maximum atomic E-state index is 13.2. The van der Waals surface area contributed by atoms with Crippen molar-refractivity contribution in [2.45, 2.75) is 12.8 Å². The maximum Gasteiger partial charge on any atom is 0.244 e. The van der Waals surface area contributed by atoms with E-state index in [9.17, 15) is 14.0 Å². The van der Waals surface area contributed by atoms with Crippen molar-refractivity contribution in [3.63, 3.8) is 0 Å². The van der Waals surface area contributed by atoms with Crippen LogP contribution in [0.4, 0.5) is 4.39 Å². The number of rotatable bonds is 6. The number of hydrogen-bond donors (Lipinski definition) is 3. The summed E-state index contributed by atoms with van der Waals surface area (Å²) in [7, 11) is 0. The van der Waals surface area contributed by atoms with Gasteiger partial charge in [-0.3, -0.25) is 14.8 Å². The Labute approximate surface area is 143 Å². The van der Waals surface area contributed by atoms with Crippen molar-refractivity contribution in [3.8, 4) is 11.1 Å². The van der Waals surface area contributed by atoms with Crippen LogP contribution >= 0.6 is 11.6 Å². The summed E-state index contributed by atoms with van der Waals surface area (Å²) in [5, 5.41) is 8.59. The molecule has 24 heavy (non-hydrogen) atoms. The molecule has 7 heteroatoms. The van der Waals surface area contributed by atoms with Gasteiger partial charge in [0.25, 0.3) is 0 Å². The van der Waals surface area contributed by atoms with Crippen molar-refractivity contribution in [1.82, 2.24) is 5.48 Å². The highest BCUT2D eigenvalue weighted by Gasteiger charge is 2.19. The van der Waals surface area contributed by atoms with Crippen LogP contribution in [-0.4, -0.2) is 17.0 Å². The highest BCUT2D eigenvalue weighted by Crippen LogP contribution is 2.25. The van der Waals surface area contributed by atoms with Gasteiger partial charge in [-0.05, 0) is 35.2 Å². The van der Waals surface area contributed by atoms with Crippen LogP contribution < -0.4 is 11.2 Å². The van der Waals surface area contributed by atoms with Gasteiger partial charge in [-0.15, -0.1) is 0 Å². The molecular weight excluding hydrogens is 335 g/mol. The fourth-order valence-electron chi connectivity index (χ4n) is 2.34. The summed E-state index contributed by atoms with van der Waals surface area (Å²) in [4.78, 5) is 22.6. The minimum Gasteiger partial charge on any atom is -0.369 e. The molecular formula is C17H16ClFN2O3. The summed E-state index contributed by atoms with van der Waals surface area (Å²) in [6, 6.07) is 11.6. The third-order valence-electron chi connectivity index (χ3n) is 3.65. The van der Waals surface area contributed by atoms with E-state index >= 15 is 0 Å². The van der Waals surface area contributed by atoms with Crippen molar-refractivity contribution in [1.29, 1.82) is 0 Å². The SMILES string of the molecule is NC(=O)[C@@H](CC(=O)NO)Cc1ccc(-c2ccc(F)c(Cl)c2)cc1. The summed E-state index contributed by atoms with van der Waals surface area (Å²) in [6.45, 7) is 0. The average Bonchev–Trinajstić information content (AvgIpc) is 2.57. The zero-order valence-corrected chi connectivity index (χ0v) is 13.4. The topological polar surface area (TPSA) is 92.4 Å². The molecule has 1 atom stereocenters. The number of carbonyl (C=O) groups is 2. The van der Waals surface area contributed by atoms with E-state index < -0.39 is 23.5 Å². The van der Waals surface area contributed by atoms with E-state index in [1.54, 1.807) is 18.2 Å². The number of carbonyl (C=O) groups excluding carboxylic acids is 2. The Kier molecular flexibility index (Phi) is 5.89. The van der Waals surface area contributed by atoms with Crippen LogP contribution in [0.5, 0.6) is 0 Å². The second kappa shape index (κ2) is 7.90. The molecule has 0 spiro atoms. The van der Waals surface area contributed by atoms with Gasteiger partial charge < -0.3 is 5.73 Å². The van der Waals surface area contributed by atoms with Gasteiger partial charge >= 0.3 is 0 Å². The van der Waals surface area contributed by atoms with Gasteiger partial charge in [0.1, 0.15) is 5.82 Å². The van der Waals surface area contributed by atoms with Crippen molar-refractivity contribution in [3.05, 3.63) is 58.9 Å². The van der Waals surface area contributed by atoms with Gasteiger partial charge in [0.2, 0.25) is 11.8 Å². The molecule has 0 saturated heterocycles. The van der Waals surface area contributed by atoms with Crippen LogP contribution in [0.3, 0.4) is 0 Å². The van der Waals surface area contributed by atoms with Crippen molar-refractivity contribution in [2.75, 3.05) is 0 Å². The Morgan fingerprint density at radius 3 is 2.33 bits per heavy atom. The lowest BCUT2D eigenvalue weighted by atomic mass is 9.94. The fraction of sp³-hybridized carbons (Fsp3) is 0.176. The van der Waals surface area contributed by atoms with Crippen molar-refractivity contribution in [2.24, 2.45) is 11.7 Å². The minimum atomic E-state index is -0.719. The molecule has 0 aromatic heterocycles. The number of nitrogens with one attached hydrogen (secondary N) is 1. The standard InChI is InChI=1S/C17H16ClFN2O3/c18-14-8-12(5-6-15(14)19)11-3-1-10(2-4-11)7-13(17(20)23)9-16(22)21-24/h1-6,8,13,24H,7,9H2,(H2,20,23)(H,21,22)/t13-/m1/s1. The molecule has 0 heterocycles. The number of benzene rings is 2. The number of nitrogens with two attached hydrogens (primary N) is 1. The Balaban J connectivity index is 2.14. The van der Waals surface area contributed by atoms with Crippen LogP contribution in [0.25, 0.3) is 11.1 Å². The summed E-state index contributed by atoms with van der Waals surface area (Å²) in [5.74, 6) is -2.49. The number of hydrogen-bond acceptors (Lipinski definition) is 3. The lowest BCUT2D eigenvalue weighted by Crippen LogP contribution is -2.31. The van der Waals surface area contributed by atoms with E-state index in [1.807, 2.05) is 12.1 Å². The molecule has 0 unspecified atom stereocenters. The monoisotopic (exact) mass is 350 g/mol. The predicted octanol–water partition coefficient (Wildman–Crippen LogP) is 2.69. The number of hydroxylamine groups is 1. The molecule has 0 radical (unpaired) electrons. The van der Waals surface area contributed by atoms with E-state index in [-0.39, 0.29) is 17.9 Å². The van der Waals surface area contributed by atoms with E-state index in [0.717, 1.165) is 16.7 Å². The third kappa shape index (κ3) is 4.53. The third-order valence-corrected chi connectivity index (χ3v) is 3.94. The quantitative estimate of drug-likeness (QED) is 0.552. The zero-order chi connectivity index (χ0) is 17.7. The molecule has 0 fully saturated rings. The largest absolute Gasteiger partial charge is 0.369 e. The Bertz CT molecular complexity index is 750. The molecule has 4 N–H and O–H groups in total. The van der Waals surface area contributed by atoms with Gasteiger partial charge in [-0.2, -0.15) is 0 Å². The Morgan fingerprint density at radius 1 is 1.17 bits per heavy atom. The van der Waals surface area contributed by atoms with E-state index in [4.69, 9.17) is 22.5 Å². The number of halogens is 2. The molecule has 2 amide bonds. The normalized spacial score (nSPS) is 11.8. The van der Waals surface area contributed by atoms with Gasteiger partial charge in [-0.1, -0.05) is 41.9 Å². The molecule has 5 nitrogen and oxygen atoms in total. The molecule has 0 aliphatic heterocycles. The highest BCUT2D eigenvalue weighted by molar-refractivity contribution is 6.31. The first-order chi connectivity index (χ1) is 11.4. The summed E-state index contributed by atoms with van der Waals surface area (Å²) in [5.41, 5.74) is 9.18. The summed E-state index contributed by atoms with van der Waals surface area (Å²) in [6.07, 6.45) is 0.0777. The number of primary amides is 1. The molecule has 2 aromatic rings. The average molecular weight is 351 g/mol. The molecule has 2 aromatic carbocycles. The lowest BCUT2D eigenvalue weighted by molar-refractivity contribution is -0.133. The Morgan fingerprint density at radius 2 is 1.79 bits per heavy atom. The van der Waals surface area contributed by atoms with Gasteiger partial charge in [0.15, 0.2) is 0 Å². The van der Waals surface area contributed by atoms with E-state index in [1.165, 1.54) is 17.6 Å². The first-order valence-corrected chi connectivity index (χ1v) is 7.55. The summed E-state index contributed by atoms with van der Waals surface area (Å²) < 4.78 is 13.2. The molecule has 0 saturated carbocycles. The van der Waals surface area contributed by atoms with Crippen LogP contribution in [0.1, 0.15) is 12.0 Å². The molecule has 0 aliphatic rings. The lowest BCUT2D eigenvalue weighted by Gasteiger charge is -2.12. The van der Waals surface area contributed by atoms with Crippen molar-refractivity contribution < 1.29 is 19.2 Å². The molecule has 0 aliphatic carbocycles. The Hall–Kier alpha value is -2.44. The van der Waals surface area contributed by atoms with Gasteiger partial charge in [-0.25, -0.2) is 9.87 Å². The molecule has 2 rings (SSSR count). The van der Waals surface area contributed by atoms with Gasteiger partial charge in [0, 0.05) is 6.42 Å². The van der Waals surface area contributed by atoms with Gasteiger partial charge in [0.05, 0.1) is 10.9 Å². The zero-order valence-electron chi connectivity index (χ0n) is 12.6. The van der Waals surface area contributed by atoms with E-state index in [0.29, 0.717) is 0 Å². The predicted molar refractivity (Wildman–Crippen MR) is 87.8 cm³/mol. The van der Waals surface area contributed by atoms with E-state index in [2.05, 4.69) is 0 Å². The minimum absolute atomic E-state index is 0.0420. The second-order valence-corrected chi connectivity index (χ2v) is 5.78. The maximum absolute atomic E-state index is 13.2. The fourth-order valence-corrected chi connectivity index (χ4v) is 2.52. The number of amides is 2. The van der Waals surface area contributed by atoms with Crippen LogP contribution in [-0.2, 0) is 16.0 Å². The first kappa shape index (κ1) is 17.9. The van der Waals surface area contributed by atoms with Crippen LogP contribution in [0.15, 0.2) is 42.5 Å². The highest BCUT2D eigenvalue weighted by atomic mass is 35.5. The van der Waals surface area contributed by atoms with Crippen molar-refractivity contribution >= 4 is 23.4 Å². The first-order valence-electron chi connectivity index (χ1n) is 7.17. The van der Waals surface area contributed by atoms with Crippen LogP contribution in [0, 0.1) is 11.7 Å². The molecule has 0 bridgehead atoms. The second-order valence-electron chi connectivity index (χ2n) is 5.37. The van der Waals surface area contributed by atoms with Crippen LogP contribution in [0.2, 0.25) is 5.02 Å².